The van der Waals surface area contributed by atoms with Gasteiger partial charge in [-0.05, 0) is 43.3 Å². The van der Waals surface area contributed by atoms with Gasteiger partial charge in [-0.2, -0.15) is 0 Å². The molecule has 1 aliphatic rings. The minimum absolute atomic E-state index is 0. The quantitative estimate of drug-likeness (QED) is 0.759. The van der Waals surface area contributed by atoms with Crippen molar-refractivity contribution in [3.63, 3.8) is 0 Å². The Balaban J connectivity index is 0.00000147. The number of aliphatic imine (C=N–C) groups is 1. The summed E-state index contributed by atoms with van der Waals surface area (Å²) in [5.41, 5.74) is 4.09. The third-order valence-corrected chi connectivity index (χ3v) is 2.99. The molecule has 0 spiro atoms. The van der Waals surface area contributed by atoms with Gasteiger partial charge in [0.05, 0.1) is 11.4 Å². The van der Waals surface area contributed by atoms with Crippen LogP contribution in [-0.4, -0.2) is 16.5 Å². The molecule has 3 rings (SSSR count). The van der Waals surface area contributed by atoms with E-state index in [1.54, 1.807) is 12.3 Å². The van der Waals surface area contributed by atoms with E-state index in [1.807, 2.05) is 43.3 Å². The monoisotopic (exact) mass is 311 g/mol. The van der Waals surface area contributed by atoms with E-state index in [1.165, 1.54) is 11.6 Å². The maximum absolute atomic E-state index is 11.7. The Labute approximate surface area is 127 Å². The second kappa shape index (κ2) is 5.95. The molecule has 20 heavy (non-hydrogen) atoms. The molecule has 1 radical (unpaired) electrons. The van der Waals surface area contributed by atoms with Crippen LogP contribution in [-0.2, 0) is 17.1 Å². The van der Waals surface area contributed by atoms with Crippen LogP contribution >= 0.6 is 0 Å². The molecular weight excluding hydrogens is 300 g/mol. The molecule has 103 valence electrons. The number of hydrogen-bond acceptors (Lipinski definition) is 3. The predicted octanol–water partition coefficient (Wildman–Crippen LogP) is 3.26. The Morgan fingerprint density at radius 3 is 2.55 bits per heavy atom. The van der Waals surface area contributed by atoms with E-state index in [2.05, 4.69) is 9.98 Å². The van der Waals surface area contributed by atoms with Gasteiger partial charge in [0, 0.05) is 28.8 Å². The zero-order valence-electron chi connectivity index (χ0n) is 10.8. The van der Waals surface area contributed by atoms with Crippen molar-refractivity contribution >= 4 is 17.2 Å². The van der Waals surface area contributed by atoms with Gasteiger partial charge in [-0.25, -0.2) is 4.99 Å². The van der Waals surface area contributed by atoms with Gasteiger partial charge in [0.15, 0.2) is 0 Å². The second-order valence-corrected chi connectivity index (χ2v) is 4.43. The zero-order chi connectivity index (χ0) is 13.2. The first-order valence-corrected chi connectivity index (χ1v) is 6.07. The van der Waals surface area contributed by atoms with E-state index in [0.29, 0.717) is 5.69 Å². The van der Waals surface area contributed by atoms with Gasteiger partial charge < -0.3 is 0 Å². The van der Waals surface area contributed by atoms with Crippen LogP contribution in [0.2, 0.25) is 0 Å². The number of allylic oxidation sites excluding steroid dienone is 2. The summed E-state index contributed by atoms with van der Waals surface area (Å²) in [5, 5.41) is 0. The Morgan fingerprint density at radius 2 is 1.80 bits per heavy atom. The van der Waals surface area contributed by atoms with Crippen molar-refractivity contribution in [3.05, 3.63) is 71.6 Å². The van der Waals surface area contributed by atoms with Crippen LogP contribution in [0.5, 0.6) is 0 Å². The van der Waals surface area contributed by atoms with Gasteiger partial charge in [0.25, 0.3) is 0 Å². The summed E-state index contributed by atoms with van der Waals surface area (Å²) in [5.74, 6) is -0.0709. The van der Waals surface area contributed by atoms with E-state index in [9.17, 15) is 4.79 Å². The number of hydrogen-bond donors (Lipinski definition) is 0. The summed E-state index contributed by atoms with van der Waals surface area (Å²) in [6, 6.07) is 11.6. The Hall–Kier alpha value is -2.03. The molecule has 3 nitrogen and oxygen atoms in total. The molecule has 1 aromatic carbocycles. The summed E-state index contributed by atoms with van der Waals surface area (Å²) in [4.78, 5) is 20.4. The van der Waals surface area contributed by atoms with Crippen molar-refractivity contribution in [2.24, 2.45) is 4.99 Å². The second-order valence-electron chi connectivity index (χ2n) is 4.43. The first-order valence-electron chi connectivity index (χ1n) is 6.07. The maximum atomic E-state index is 11.7. The minimum atomic E-state index is -0.0709. The molecule has 2 aromatic rings. The van der Waals surface area contributed by atoms with Crippen LogP contribution in [0.25, 0.3) is 0 Å². The van der Waals surface area contributed by atoms with Crippen LogP contribution in [0.1, 0.15) is 21.6 Å². The number of benzene rings is 1. The fraction of sp³-hybridized carbons (Fsp3) is 0.0625. The van der Waals surface area contributed by atoms with Crippen molar-refractivity contribution in [1.82, 2.24) is 4.98 Å². The van der Waals surface area contributed by atoms with Crippen LogP contribution in [0.15, 0.2) is 59.7 Å². The third-order valence-electron chi connectivity index (χ3n) is 2.99. The Bertz CT molecular complexity index is 703. The fourth-order valence-electron chi connectivity index (χ4n) is 1.99. The number of ketones is 1. The van der Waals surface area contributed by atoms with Gasteiger partial charge in [-0.15, -0.1) is 0 Å². The molecule has 0 aliphatic heterocycles. The molecule has 4 heteroatoms. The maximum Gasteiger partial charge on any atom is 0.204 e. The van der Waals surface area contributed by atoms with E-state index < -0.39 is 0 Å². The molecule has 0 bridgehead atoms. The molecule has 0 amide bonds. The number of aromatic nitrogens is 1. The number of pyridine rings is 1. The first-order chi connectivity index (χ1) is 9.24. The standard InChI is InChI=1S/C16H12N2O.Cu/c1-11-4-6-12(7-5-11)18-14-8-9-15(19)16-13(14)3-2-10-17-16;/h2-10H,1H3;. The molecule has 0 atom stereocenters. The smallest absolute Gasteiger partial charge is 0.204 e. The average molecular weight is 312 g/mol. The molecule has 0 fully saturated rings. The van der Waals surface area contributed by atoms with Gasteiger partial charge >= 0.3 is 0 Å². The Kier molecular flexibility index (Phi) is 4.28. The van der Waals surface area contributed by atoms with Gasteiger partial charge in [0.1, 0.15) is 5.69 Å². The van der Waals surface area contributed by atoms with E-state index in [0.717, 1.165) is 17.0 Å². The predicted molar refractivity (Wildman–Crippen MR) is 75.1 cm³/mol. The molecule has 0 saturated carbocycles. The van der Waals surface area contributed by atoms with Crippen LogP contribution in [0.4, 0.5) is 5.69 Å². The van der Waals surface area contributed by atoms with Crippen molar-refractivity contribution < 1.29 is 21.9 Å². The third kappa shape index (κ3) is 2.77. The molecule has 1 heterocycles. The summed E-state index contributed by atoms with van der Waals surface area (Å²) in [6.45, 7) is 2.04. The van der Waals surface area contributed by atoms with Gasteiger partial charge in [0.2, 0.25) is 5.78 Å². The molecule has 1 aliphatic carbocycles. The topological polar surface area (TPSA) is 42.3 Å². The average Bonchev–Trinajstić information content (AvgIpc) is 2.45. The molecule has 0 N–H and O–H groups in total. The first kappa shape index (κ1) is 14.4. The van der Waals surface area contributed by atoms with Crippen LogP contribution in [0.3, 0.4) is 0 Å². The molecule has 0 saturated heterocycles. The summed E-state index contributed by atoms with van der Waals surface area (Å²) >= 11 is 0. The van der Waals surface area contributed by atoms with Crippen molar-refractivity contribution in [3.8, 4) is 0 Å². The number of carbonyl (C=O) groups excluding carboxylic acids is 1. The number of rotatable bonds is 1. The molecular formula is C16H12CuN2O. The summed E-state index contributed by atoms with van der Waals surface area (Å²) < 4.78 is 0. The Morgan fingerprint density at radius 1 is 1.05 bits per heavy atom. The van der Waals surface area contributed by atoms with E-state index in [4.69, 9.17) is 0 Å². The van der Waals surface area contributed by atoms with Crippen molar-refractivity contribution in [2.75, 3.05) is 0 Å². The summed E-state index contributed by atoms with van der Waals surface area (Å²) in [6.07, 6.45) is 4.88. The number of nitrogens with zero attached hydrogens (tertiary/aromatic N) is 2. The van der Waals surface area contributed by atoms with Crippen molar-refractivity contribution in [2.45, 2.75) is 6.92 Å². The van der Waals surface area contributed by atoms with Crippen molar-refractivity contribution in [1.29, 1.82) is 0 Å². The van der Waals surface area contributed by atoms with Gasteiger partial charge in [-0.3, -0.25) is 9.78 Å². The summed E-state index contributed by atoms with van der Waals surface area (Å²) in [7, 11) is 0. The molecule has 0 unspecified atom stereocenters. The fourth-order valence-corrected chi connectivity index (χ4v) is 1.99. The molecule has 1 aromatic heterocycles. The van der Waals surface area contributed by atoms with Gasteiger partial charge in [-0.1, -0.05) is 17.7 Å². The number of aryl methyl sites for hydroxylation is 1. The van der Waals surface area contributed by atoms with E-state index in [-0.39, 0.29) is 22.9 Å². The number of fused-ring (bicyclic) bond motifs is 1. The SMILES string of the molecule is Cc1ccc(N=C2C=CC(=O)c3ncccc32)cc1.[Cu]. The largest absolute Gasteiger partial charge is 0.288 e. The van der Waals surface area contributed by atoms with Crippen LogP contribution in [0, 0.1) is 6.92 Å². The number of carbonyl (C=O) groups is 1. The minimum Gasteiger partial charge on any atom is -0.288 e. The zero-order valence-corrected chi connectivity index (χ0v) is 11.7. The van der Waals surface area contributed by atoms with E-state index >= 15 is 0 Å². The normalized spacial score (nSPS) is 14.8. The van der Waals surface area contributed by atoms with Crippen LogP contribution < -0.4 is 0 Å².